The fourth-order valence-electron chi connectivity index (χ4n) is 2.35. The highest BCUT2D eigenvalue weighted by Gasteiger charge is 2.17. The summed E-state index contributed by atoms with van der Waals surface area (Å²) in [5, 5.41) is 3.25. The van der Waals surface area contributed by atoms with Crippen LogP contribution in [0.5, 0.6) is 0 Å². The molecule has 5 nitrogen and oxygen atoms in total. The van der Waals surface area contributed by atoms with E-state index in [1.165, 1.54) is 0 Å². The predicted octanol–water partition coefficient (Wildman–Crippen LogP) is 3.96. The van der Waals surface area contributed by atoms with E-state index in [1.54, 1.807) is 0 Å². The van der Waals surface area contributed by atoms with Crippen LogP contribution in [0.2, 0.25) is 0 Å². The monoisotopic (exact) mass is 341 g/mol. The van der Waals surface area contributed by atoms with Crippen molar-refractivity contribution in [3.8, 4) is 0 Å². The second kappa shape index (κ2) is 8.10. The van der Waals surface area contributed by atoms with Gasteiger partial charge in [0.2, 0.25) is 0 Å². The van der Waals surface area contributed by atoms with E-state index in [9.17, 15) is 4.79 Å². The molecule has 0 saturated heterocycles. The van der Waals surface area contributed by atoms with Crippen molar-refractivity contribution in [1.29, 1.82) is 0 Å². The summed E-state index contributed by atoms with van der Waals surface area (Å²) >= 11 is 0. The molecule has 0 aliphatic rings. The van der Waals surface area contributed by atoms with Gasteiger partial charge in [0.1, 0.15) is 17.2 Å². The molecule has 1 heterocycles. The second-order valence-electron chi connectivity index (χ2n) is 7.05. The van der Waals surface area contributed by atoms with Crippen molar-refractivity contribution in [2.24, 2.45) is 0 Å². The number of rotatable bonds is 6. The summed E-state index contributed by atoms with van der Waals surface area (Å²) in [4.78, 5) is 21.0. The number of nitrogens with one attached hydrogen (secondary N) is 1. The summed E-state index contributed by atoms with van der Waals surface area (Å²) in [6, 6.07) is 7.53. The standard InChI is InChI=1S/C20H27N3O2/c1-6-21-18-14(2)13-22-17(23-18)12-9-15-7-10-16(11-8-15)19(24)25-20(3,4)5/h7-8,10-11,13H,6,9,12H2,1-5H3,(H,21,22,23). The normalized spacial score (nSPS) is 11.2. The van der Waals surface area contributed by atoms with Crippen LogP contribution < -0.4 is 5.32 Å². The molecule has 0 radical (unpaired) electrons. The Balaban J connectivity index is 1.98. The zero-order valence-electron chi connectivity index (χ0n) is 15.7. The molecule has 1 aromatic carbocycles. The quantitative estimate of drug-likeness (QED) is 0.806. The Hall–Kier alpha value is -2.43. The van der Waals surface area contributed by atoms with Crippen molar-refractivity contribution in [2.45, 2.75) is 53.1 Å². The molecule has 0 amide bonds. The minimum Gasteiger partial charge on any atom is -0.456 e. The SMILES string of the molecule is CCNc1nc(CCc2ccc(C(=O)OC(C)(C)C)cc2)ncc1C. The van der Waals surface area contributed by atoms with E-state index in [2.05, 4.69) is 15.3 Å². The van der Waals surface area contributed by atoms with E-state index in [0.29, 0.717) is 5.56 Å². The number of ether oxygens (including phenoxy) is 1. The molecule has 0 spiro atoms. The molecule has 2 rings (SSSR count). The van der Waals surface area contributed by atoms with Crippen molar-refractivity contribution < 1.29 is 9.53 Å². The maximum Gasteiger partial charge on any atom is 0.338 e. The summed E-state index contributed by atoms with van der Waals surface area (Å²) in [6.07, 6.45) is 3.43. The van der Waals surface area contributed by atoms with Crippen LogP contribution in [0.15, 0.2) is 30.5 Å². The maximum atomic E-state index is 12.0. The molecule has 0 aliphatic heterocycles. The van der Waals surface area contributed by atoms with Gasteiger partial charge in [-0.3, -0.25) is 0 Å². The van der Waals surface area contributed by atoms with Crippen LogP contribution in [0.3, 0.4) is 0 Å². The molecular weight excluding hydrogens is 314 g/mol. The summed E-state index contributed by atoms with van der Waals surface area (Å²) < 4.78 is 5.37. The minimum atomic E-state index is -0.483. The fraction of sp³-hybridized carbons (Fsp3) is 0.450. The maximum absolute atomic E-state index is 12.0. The van der Waals surface area contributed by atoms with Gasteiger partial charge in [-0.15, -0.1) is 0 Å². The first kappa shape index (κ1) is 18.9. The molecule has 5 heteroatoms. The van der Waals surface area contributed by atoms with Crippen LogP contribution in [0, 0.1) is 6.92 Å². The summed E-state index contributed by atoms with van der Waals surface area (Å²) in [7, 11) is 0. The third-order valence-electron chi connectivity index (χ3n) is 3.59. The van der Waals surface area contributed by atoms with Gasteiger partial charge in [-0.05, 0) is 58.7 Å². The van der Waals surface area contributed by atoms with Gasteiger partial charge in [-0.25, -0.2) is 14.8 Å². The molecule has 0 fully saturated rings. The summed E-state index contributed by atoms with van der Waals surface area (Å²) in [6.45, 7) is 10.5. The number of carbonyl (C=O) groups is 1. The third-order valence-corrected chi connectivity index (χ3v) is 3.59. The van der Waals surface area contributed by atoms with Crippen molar-refractivity contribution >= 4 is 11.8 Å². The lowest BCUT2D eigenvalue weighted by Gasteiger charge is -2.19. The number of nitrogens with zero attached hydrogens (tertiary/aromatic N) is 2. The van der Waals surface area contributed by atoms with Crippen molar-refractivity contribution in [3.05, 3.63) is 53.0 Å². The molecule has 1 aromatic heterocycles. The number of hydrogen-bond acceptors (Lipinski definition) is 5. The molecule has 0 atom stereocenters. The topological polar surface area (TPSA) is 64.1 Å². The molecule has 1 N–H and O–H groups in total. The van der Waals surface area contributed by atoms with Crippen LogP contribution in [0.1, 0.15) is 55.0 Å². The van der Waals surface area contributed by atoms with Gasteiger partial charge in [-0.2, -0.15) is 0 Å². The largest absolute Gasteiger partial charge is 0.456 e. The zero-order valence-corrected chi connectivity index (χ0v) is 15.7. The molecule has 134 valence electrons. The van der Waals surface area contributed by atoms with Gasteiger partial charge in [0.25, 0.3) is 0 Å². The fourth-order valence-corrected chi connectivity index (χ4v) is 2.35. The summed E-state index contributed by atoms with van der Waals surface area (Å²) in [5.41, 5.74) is 2.27. The zero-order chi connectivity index (χ0) is 18.4. The van der Waals surface area contributed by atoms with E-state index in [0.717, 1.165) is 42.2 Å². The van der Waals surface area contributed by atoms with Crippen LogP contribution in [0.4, 0.5) is 5.82 Å². The Bertz CT molecular complexity index is 719. The Morgan fingerprint density at radius 3 is 2.44 bits per heavy atom. The molecule has 0 bridgehead atoms. The molecule has 25 heavy (non-hydrogen) atoms. The van der Waals surface area contributed by atoms with Crippen LogP contribution in [-0.4, -0.2) is 28.1 Å². The molecular formula is C20H27N3O2. The van der Waals surface area contributed by atoms with Gasteiger partial charge < -0.3 is 10.1 Å². The minimum absolute atomic E-state index is 0.295. The Morgan fingerprint density at radius 2 is 1.84 bits per heavy atom. The average Bonchev–Trinajstić information content (AvgIpc) is 2.54. The Kier molecular flexibility index (Phi) is 6.12. The van der Waals surface area contributed by atoms with Crippen molar-refractivity contribution in [1.82, 2.24) is 9.97 Å². The lowest BCUT2D eigenvalue weighted by Crippen LogP contribution is -2.23. The number of anilines is 1. The van der Waals surface area contributed by atoms with Gasteiger partial charge in [-0.1, -0.05) is 12.1 Å². The first-order valence-electron chi connectivity index (χ1n) is 8.67. The van der Waals surface area contributed by atoms with Crippen LogP contribution in [0.25, 0.3) is 0 Å². The molecule has 0 saturated carbocycles. The van der Waals surface area contributed by atoms with Crippen molar-refractivity contribution in [2.75, 3.05) is 11.9 Å². The predicted molar refractivity (Wildman–Crippen MR) is 100.0 cm³/mol. The third kappa shape index (κ3) is 5.85. The number of hydrogen-bond donors (Lipinski definition) is 1. The Morgan fingerprint density at radius 1 is 1.16 bits per heavy atom. The van der Waals surface area contributed by atoms with E-state index >= 15 is 0 Å². The van der Waals surface area contributed by atoms with Gasteiger partial charge >= 0.3 is 5.97 Å². The van der Waals surface area contributed by atoms with E-state index in [1.807, 2.05) is 65.1 Å². The van der Waals surface area contributed by atoms with E-state index in [4.69, 9.17) is 4.74 Å². The second-order valence-corrected chi connectivity index (χ2v) is 7.05. The lowest BCUT2D eigenvalue weighted by atomic mass is 10.1. The van der Waals surface area contributed by atoms with Crippen molar-refractivity contribution in [3.63, 3.8) is 0 Å². The highest BCUT2D eigenvalue weighted by molar-refractivity contribution is 5.89. The van der Waals surface area contributed by atoms with E-state index < -0.39 is 5.60 Å². The highest BCUT2D eigenvalue weighted by Crippen LogP contribution is 2.15. The van der Waals surface area contributed by atoms with E-state index in [-0.39, 0.29) is 5.97 Å². The lowest BCUT2D eigenvalue weighted by molar-refractivity contribution is 0.00695. The molecule has 0 unspecified atom stereocenters. The average molecular weight is 341 g/mol. The number of aromatic nitrogens is 2. The van der Waals surface area contributed by atoms with Gasteiger partial charge in [0.15, 0.2) is 0 Å². The number of aryl methyl sites for hydroxylation is 3. The molecule has 0 aliphatic carbocycles. The first-order chi connectivity index (χ1) is 11.8. The highest BCUT2D eigenvalue weighted by atomic mass is 16.6. The van der Waals surface area contributed by atoms with Crippen LogP contribution >= 0.6 is 0 Å². The Labute approximate surface area is 149 Å². The first-order valence-corrected chi connectivity index (χ1v) is 8.67. The molecule has 2 aromatic rings. The van der Waals surface area contributed by atoms with Gasteiger partial charge in [0, 0.05) is 24.7 Å². The number of benzene rings is 1. The van der Waals surface area contributed by atoms with Crippen LogP contribution in [-0.2, 0) is 17.6 Å². The summed E-state index contributed by atoms with van der Waals surface area (Å²) in [5.74, 6) is 1.42. The van der Waals surface area contributed by atoms with Gasteiger partial charge in [0.05, 0.1) is 5.56 Å². The smallest absolute Gasteiger partial charge is 0.338 e. The number of esters is 1. The number of carbonyl (C=O) groups excluding carboxylic acids is 1.